The van der Waals surface area contributed by atoms with Gasteiger partial charge >= 0.3 is 64.2 Å². The zero-order chi connectivity index (χ0) is 14.9. The molecule has 0 saturated carbocycles. The van der Waals surface area contributed by atoms with E-state index in [2.05, 4.69) is 19.1 Å². The second kappa shape index (κ2) is 21.0. The molecule has 0 radical (unpaired) electrons. The molecule has 0 aromatic rings. The fraction of sp³-hybridized carbons (Fsp3) is 0.833. The number of unbranched alkanes of at least 4 members (excludes halogenated alkanes) is 11. The summed E-state index contributed by atoms with van der Waals surface area (Å²) >= 11 is 0. The van der Waals surface area contributed by atoms with Crippen molar-refractivity contribution in [3.05, 3.63) is 12.2 Å². The van der Waals surface area contributed by atoms with Gasteiger partial charge in [0.1, 0.15) is 0 Å². The van der Waals surface area contributed by atoms with Gasteiger partial charge in [0.15, 0.2) is 0 Å². The minimum atomic E-state index is -0.664. The smallest absolute Gasteiger partial charge is 1.00 e. The van der Waals surface area contributed by atoms with Crippen molar-refractivity contribution >= 4 is 5.97 Å². The fourth-order valence-electron chi connectivity index (χ4n) is 2.35. The predicted octanol–water partition coefficient (Wildman–Crippen LogP) is 3.23. The van der Waals surface area contributed by atoms with Crippen molar-refractivity contribution in [1.29, 1.82) is 0 Å². The Balaban J connectivity index is -0.00000180. The maximum absolute atomic E-state index is 10.3. The van der Waals surface area contributed by atoms with Crippen LogP contribution in [0.3, 0.4) is 0 Å². The number of allylic oxidation sites excluding steroid dienone is 2. The first-order valence-corrected chi connectivity index (χ1v) is 8.64. The number of hydrogen-bond acceptors (Lipinski definition) is 1. The van der Waals surface area contributed by atoms with Gasteiger partial charge in [-0.1, -0.05) is 70.4 Å². The van der Waals surface area contributed by atoms with Gasteiger partial charge in [0.05, 0.1) is 0 Å². The van der Waals surface area contributed by atoms with E-state index in [4.69, 9.17) is 5.11 Å². The van der Waals surface area contributed by atoms with Crippen LogP contribution in [0.25, 0.3) is 0 Å². The fourth-order valence-corrected chi connectivity index (χ4v) is 2.35. The predicted molar refractivity (Wildman–Crippen MR) is 88.2 cm³/mol. The number of carbonyl (C=O) groups is 1. The average molecular weight is 369 g/mol. The maximum atomic E-state index is 10.3. The van der Waals surface area contributed by atoms with Crippen molar-refractivity contribution in [1.82, 2.24) is 0 Å². The third kappa shape index (κ3) is 23.4. The SMILES string of the molecule is CCCCCCCC/C=C\CCCCCCCC(=O)O.[H-].[Rb+]. The molecule has 0 bridgehead atoms. The van der Waals surface area contributed by atoms with E-state index in [-0.39, 0.29) is 59.6 Å². The van der Waals surface area contributed by atoms with E-state index in [0.717, 1.165) is 12.8 Å². The van der Waals surface area contributed by atoms with Crippen LogP contribution in [0, 0.1) is 0 Å². The number of hydrogen-bond donors (Lipinski definition) is 1. The average Bonchev–Trinajstić information content (AvgIpc) is 2.43. The van der Waals surface area contributed by atoms with Crippen LogP contribution >= 0.6 is 0 Å². The summed E-state index contributed by atoms with van der Waals surface area (Å²) in [4.78, 5) is 10.3. The van der Waals surface area contributed by atoms with E-state index >= 15 is 0 Å². The van der Waals surface area contributed by atoms with Crippen LogP contribution in [0.2, 0.25) is 0 Å². The van der Waals surface area contributed by atoms with Gasteiger partial charge < -0.3 is 6.53 Å². The molecule has 0 amide bonds. The molecule has 0 aliphatic heterocycles. The standard InChI is InChI=1S/C18H34O2.Rb.H/c1-2-3-4-5-6-7-8-9-10-11-12-13-14-15-16-17-18(19)20;;/h9-10H,2-8,11-17H2,1H3,(H,19,20);;/q;+1;-1/b10-9-;;. The van der Waals surface area contributed by atoms with Crippen LogP contribution < -0.4 is 58.2 Å². The molecule has 0 spiro atoms. The molecule has 3 heteroatoms. The molecule has 0 unspecified atom stereocenters. The summed E-state index contributed by atoms with van der Waals surface area (Å²) in [6.45, 7) is 2.26. The summed E-state index contributed by atoms with van der Waals surface area (Å²) in [5, 5.41) is 8.51. The van der Waals surface area contributed by atoms with E-state index in [1.165, 1.54) is 70.6 Å². The van der Waals surface area contributed by atoms with Gasteiger partial charge in [-0.15, -0.1) is 0 Å². The Morgan fingerprint density at radius 1 is 0.810 bits per heavy atom. The first kappa shape index (κ1) is 24.3. The zero-order valence-corrected chi connectivity index (χ0v) is 19.3. The molecule has 0 aromatic carbocycles. The van der Waals surface area contributed by atoms with Crippen LogP contribution in [-0.2, 0) is 4.79 Å². The molecule has 21 heavy (non-hydrogen) atoms. The molecule has 120 valence electrons. The zero-order valence-electron chi connectivity index (χ0n) is 15.4. The Labute approximate surface area is 182 Å². The summed E-state index contributed by atoms with van der Waals surface area (Å²) in [7, 11) is 0. The van der Waals surface area contributed by atoms with Crippen molar-refractivity contribution in [2.45, 2.75) is 96.8 Å². The van der Waals surface area contributed by atoms with Gasteiger partial charge in [-0.05, 0) is 32.1 Å². The van der Waals surface area contributed by atoms with E-state index in [1.807, 2.05) is 0 Å². The minimum absolute atomic E-state index is 0. The van der Waals surface area contributed by atoms with Crippen molar-refractivity contribution in [3.8, 4) is 0 Å². The van der Waals surface area contributed by atoms with Gasteiger partial charge in [-0.25, -0.2) is 0 Å². The normalized spacial score (nSPS) is 10.7. The topological polar surface area (TPSA) is 37.3 Å². The van der Waals surface area contributed by atoms with Crippen molar-refractivity contribution in [2.24, 2.45) is 0 Å². The summed E-state index contributed by atoms with van der Waals surface area (Å²) < 4.78 is 0. The van der Waals surface area contributed by atoms with Crippen LogP contribution in [0.15, 0.2) is 12.2 Å². The monoisotopic (exact) mass is 368 g/mol. The Bertz CT molecular complexity index is 245. The molecule has 0 rings (SSSR count). The maximum Gasteiger partial charge on any atom is 1.00 e. The quantitative estimate of drug-likeness (QED) is 0.356. The molecule has 0 aromatic heterocycles. The molecule has 0 heterocycles. The summed E-state index contributed by atoms with van der Waals surface area (Å²) in [6.07, 6.45) is 21.2. The summed E-state index contributed by atoms with van der Waals surface area (Å²) in [5.41, 5.74) is 0. The van der Waals surface area contributed by atoms with E-state index in [9.17, 15) is 4.79 Å². The van der Waals surface area contributed by atoms with Crippen molar-refractivity contribution in [3.63, 3.8) is 0 Å². The van der Waals surface area contributed by atoms with E-state index < -0.39 is 5.97 Å². The van der Waals surface area contributed by atoms with E-state index in [0.29, 0.717) is 6.42 Å². The Morgan fingerprint density at radius 2 is 1.24 bits per heavy atom. The molecule has 2 nitrogen and oxygen atoms in total. The minimum Gasteiger partial charge on any atom is -1.00 e. The third-order valence-corrected chi connectivity index (χ3v) is 3.65. The third-order valence-electron chi connectivity index (χ3n) is 3.65. The molecule has 1 N–H and O–H groups in total. The number of carboxylic acids is 1. The van der Waals surface area contributed by atoms with Crippen LogP contribution in [0.1, 0.15) is 98.2 Å². The van der Waals surface area contributed by atoms with Gasteiger partial charge in [0.25, 0.3) is 0 Å². The first-order valence-electron chi connectivity index (χ1n) is 8.64. The van der Waals surface area contributed by atoms with Crippen LogP contribution in [0.5, 0.6) is 0 Å². The summed E-state index contributed by atoms with van der Waals surface area (Å²) in [5.74, 6) is -0.664. The van der Waals surface area contributed by atoms with Crippen LogP contribution in [0.4, 0.5) is 0 Å². The molecule has 0 fully saturated rings. The van der Waals surface area contributed by atoms with Gasteiger partial charge in [0, 0.05) is 6.42 Å². The Morgan fingerprint density at radius 3 is 1.71 bits per heavy atom. The molecular weight excluding hydrogens is 334 g/mol. The first-order chi connectivity index (χ1) is 9.77. The van der Waals surface area contributed by atoms with Gasteiger partial charge in [-0.2, -0.15) is 0 Å². The van der Waals surface area contributed by atoms with Crippen LogP contribution in [-0.4, -0.2) is 11.1 Å². The second-order valence-corrected chi connectivity index (χ2v) is 5.73. The number of rotatable bonds is 15. The number of aliphatic carboxylic acids is 1. The summed E-state index contributed by atoms with van der Waals surface area (Å²) in [6, 6.07) is 0. The Kier molecular flexibility index (Phi) is 24.3. The van der Waals surface area contributed by atoms with Gasteiger partial charge in [0.2, 0.25) is 0 Å². The largest absolute Gasteiger partial charge is 1.00 e. The second-order valence-electron chi connectivity index (χ2n) is 5.73. The Hall–Kier alpha value is 1.02. The van der Waals surface area contributed by atoms with Gasteiger partial charge in [-0.3, -0.25) is 4.79 Å². The molecule has 0 aliphatic rings. The molecule has 0 atom stereocenters. The molecular formula is C18H35O2Rb. The van der Waals surface area contributed by atoms with E-state index in [1.54, 1.807) is 0 Å². The number of carboxylic acid groups (broad SMARTS) is 1. The van der Waals surface area contributed by atoms with Crippen molar-refractivity contribution in [2.75, 3.05) is 0 Å². The molecule has 0 saturated heterocycles. The van der Waals surface area contributed by atoms with Crippen molar-refractivity contribution < 1.29 is 69.5 Å². The molecule has 0 aliphatic carbocycles.